The second-order valence-corrected chi connectivity index (χ2v) is 7.86. The van der Waals surface area contributed by atoms with E-state index in [1.807, 2.05) is 42.6 Å². The highest BCUT2D eigenvalue weighted by molar-refractivity contribution is 8.00. The van der Waals surface area contributed by atoms with Crippen molar-refractivity contribution in [1.82, 2.24) is 14.9 Å². The number of aromatic nitrogens is 2. The Hall–Kier alpha value is -0.390. The van der Waals surface area contributed by atoms with Gasteiger partial charge in [-0.2, -0.15) is 0 Å². The van der Waals surface area contributed by atoms with Crippen LogP contribution in [0, 0.1) is 0 Å². The topological polar surface area (TPSA) is 29.9 Å². The first-order chi connectivity index (χ1) is 10.1. The van der Waals surface area contributed by atoms with Gasteiger partial charge in [-0.05, 0) is 51.1 Å². The molecule has 0 atom stereocenters. The predicted molar refractivity (Wildman–Crippen MR) is 106 cm³/mol. The van der Waals surface area contributed by atoms with E-state index in [0.29, 0.717) is 0 Å². The first-order valence-electron chi connectivity index (χ1n) is 7.16. The van der Waals surface area contributed by atoms with Gasteiger partial charge in [0.2, 0.25) is 0 Å². The number of hydrogen-bond donors (Lipinski definition) is 1. The van der Waals surface area contributed by atoms with Crippen molar-refractivity contribution in [1.29, 1.82) is 0 Å². The Bertz CT molecular complexity index is 530. The number of thioether (sulfide) groups is 1. The van der Waals surface area contributed by atoms with E-state index in [-0.39, 0.29) is 29.6 Å². The SMILES string of the molecule is CC(C)(CNCCCn1ccnc1)Sc1ccc(Cl)cc1.Cl.Cl. The summed E-state index contributed by atoms with van der Waals surface area (Å²) < 4.78 is 2.26. The lowest BCUT2D eigenvalue weighted by Crippen LogP contribution is -2.33. The lowest BCUT2D eigenvalue weighted by molar-refractivity contribution is 0.544. The summed E-state index contributed by atoms with van der Waals surface area (Å²) >= 11 is 7.79. The van der Waals surface area contributed by atoms with E-state index in [1.165, 1.54) is 4.90 Å². The minimum Gasteiger partial charge on any atom is -0.337 e. The van der Waals surface area contributed by atoms with Crippen molar-refractivity contribution < 1.29 is 0 Å². The highest BCUT2D eigenvalue weighted by Crippen LogP contribution is 2.32. The first kappa shape index (κ1) is 22.6. The molecule has 0 aliphatic rings. The molecule has 0 saturated heterocycles. The van der Waals surface area contributed by atoms with Crippen molar-refractivity contribution >= 4 is 48.2 Å². The molecule has 0 bridgehead atoms. The van der Waals surface area contributed by atoms with Crippen LogP contribution in [0.3, 0.4) is 0 Å². The molecule has 3 nitrogen and oxygen atoms in total. The Labute approximate surface area is 160 Å². The molecule has 0 saturated carbocycles. The quantitative estimate of drug-likeness (QED) is 0.507. The Morgan fingerprint density at radius 2 is 1.91 bits per heavy atom. The number of rotatable bonds is 8. The number of halogens is 3. The van der Waals surface area contributed by atoms with Crippen molar-refractivity contribution in [3.63, 3.8) is 0 Å². The van der Waals surface area contributed by atoms with Crippen LogP contribution in [0.4, 0.5) is 0 Å². The number of nitrogens with zero attached hydrogens (tertiary/aromatic N) is 2. The van der Waals surface area contributed by atoms with Gasteiger partial charge in [0.05, 0.1) is 6.33 Å². The van der Waals surface area contributed by atoms with Crippen LogP contribution in [0.2, 0.25) is 5.02 Å². The van der Waals surface area contributed by atoms with Crippen LogP contribution in [-0.2, 0) is 6.54 Å². The summed E-state index contributed by atoms with van der Waals surface area (Å²) in [5.41, 5.74) is 0. The van der Waals surface area contributed by atoms with Crippen LogP contribution in [-0.4, -0.2) is 27.4 Å². The number of imidazole rings is 1. The minimum absolute atomic E-state index is 0. The molecule has 0 fully saturated rings. The summed E-state index contributed by atoms with van der Waals surface area (Å²) in [5, 5.41) is 4.33. The standard InChI is InChI=1S/C16H22ClN3S.2ClH/c1-16(2,21-15-6-4-14(17)5-7-15)12-18-8-3-10-20-11-9-19-13-20;;/h4-7,9,11,13,18H,3,8,10,12H2,1-2H3;2*1H. The molecule has 7 heteroatoms. The van der Waals surface area contributed by atoms with Gasteiger partial charge in [-0.3, -0.25) is 0 Å². The Balaban J connectivity index is 0.00000242. The van der Waals surface area contributed by atoms with Crippen molar-refractivity contribution in [2.24, 2.45) is 0 Å². The normalized spacial score (nSPS) is 10.7. The van der Waals surface area contributed by atoms with Gasteiger partial charge in [-0.1, -0.05) is 11.6 Å². The predicted octanol–water partition coefficient (Wildman–Crippen LogP) is 4.93. The molecule has 1 aromatic heterocycles. The summed E-state index contributed by atoms with van der Waals surface area (Å²) in [5.74, 6) is 0. The van der Waals surface area contributed by atoms with Crippen LogP contribution in [0.5, 0.6) is 0 Å². The fraction of sp³-hybridized carbons (Fsp3) is 0.438. The molecule has 1 aromatic carbocycles. The summed E-state index contributed by atoms with van der Waals surface area (Å²) in [6, 6.07) is 8.04. The molecule has 1 heterocycles. The van der Waals surface area contributed by atoms with E-state index in [0.717, 1.165) is 31.1 Å². The van der Waals surface area contributed by atoms with E-state index in [4.69, 9.17) is 11.6 Å². The van der Waals surface area contributed by atoms with Gasteiger partial charge in [0, 0.05) is 40.1 Å². The summed E-state index contributed by atoms with van der Waals surface area (Å²) in [6.07, 6.45) is 6.79. The molecule has 2 rings (SSSR count). The Morgan fingerprint density at radius 1 is 1.22 bits per heavy atom. The van der Waals surface area contributed by atoms with E-state index in [1.54, 1.807) is 0 Å². The lowest BCUT2D eigenvalue weighted by atomic mass is 10.2. The van der Waals surface area contributed by atoms with Gasteiger partial charge in [-0.25, -0.2) is 4.98 Å². The zero-order chi connectivity index (χ0) is 15.1. The summed E-state index contributed by atoms with van der Waals surface area (Å²) in [7, 11) is 0. The molecular weight excluding hydrogens is 373 g/mol. The molecule has 0 amide bonds. The van der Waals surface area contributed by atoms with Gasteiger partial charge >= 0.3 is 0 Å². The average molecular weight is 397 g/mol. The first-order valence-corrected chi connectivity index (χ1v) is 8.36. The van der Waals surface area contributed by atoms with E-state index in [2.05, 4.69) is 40.8 Å². The fourth-order valence-electron chi connectivity index (χ4n) is 2.05. The third-order valence-electron chi connectivity index (χ3n) is 3.09. The molecule has 0 spiro atoms. The smallest absolute Gasteiger partial charge is 0.0945 e. The molecular formula is C16H24Cl3N3S. The second-order valence-electron chi connectivity index (χ2n) is 5.65. The summed E-state index contributed by atoms with van der Waals surface area (Å²) in [4.78, 5) is 5.30. The van der Waals surface area contributed by atoms with Crippen LogP contribution in [0.25, 0.3) is 0 Å². The van der Waals surface area contributed by atoms with Crippen molar-refractivity contribution in [3.05, 3.63) is 48.0 Å². The van der Waals surface area contributed by atoms with E-state index in [9.17, 15) is 0 Å². The highest BCUT2D eigenvalue weighted by atomic mass is 35.5. The van der Waals surface area contributed by atoms with Crippen LogP contribution < -0.4 is 5.32 Å². The number of benzene rings is 1. The molecule has 0 aliphatic carbocycles. The van der Waals surface area contributed by atoms with Gasteiger partial charge in [0.1, 0.15) is 0 Å². The highest BCUT2D eigenvalue weighted by Gasteiger charge is 2.18. The van der Waals surface area contributed by atoms with Crippen molar-refractivity contribution in [2.75, 3.05) is 13.1 Å². The second kappa shape index (κ2) is 11.2. The van der Waals surface area contributed by atoms with Crippen LogP contribution in [0.15, 0.2) is 47.9 Å². The molecule has 0 radical (unpaired) electrons. The Morgan fingerprint density at radius 3 is 2.52 bits per heavy atom. The number of hydrogen-bond acceptors (Lipinski definition) is 3. The average Bonchev–Trinajstić information content (AvgIpc) is 2.94. The van der Waals surface area contributed by atoms with Gasteiger partial charge in [-0.15, -0.1) is 36.6 Å². The third kappa shape index (κ3) is 8.87. The maximum absolute atomic E-state index is 5.92. The maximum atomic E-state index is 5.92. The largest absolute Gasteiger partial charge is 0.337 e. The molecule has 130 valence electrons. The van der Waals surface area contributed by atoms with Crippen LogP contribution in [0.1, 0.15) is 20.3 Å². The van der Waals surface area contributed by atoms with Gasteiger partial charge in [0.15, 0.2) is 0 Å². The monoisotopic (exact) mass is 395 g/mol. The molecule has 0 aliphatic heterocycles. The van der Waals surface area contributed by atoms with Crippen molar-refractivity contribution in [3.8, 4) is 0 Å². The fourth-order valence-corrected chi connectivity index (χ4v) is 3.26. The van der Waals surface area contributed by atoms with Crippen molar-refractivity contribution in [2.45, 2.75) is 36.5 Å². The van der Waals surface area contributed by atoms with E-state index < -0.39 is 0 Å². The Kier molecular flexibility index (Phi) is 11.0. The minimum atomic E-state index is 0. The maximum Gasteiger partial charge on any atom is 0.0945 e. The lowest BCUT2D eigenvalue weighted by Gasteiger charge is -2.24. The molecule has 23 heavy (non-hydrogen) atoms. The molecule has 1 N–H and O–H groups in total. The zero-order valence-corrected chi connectivity index (χ0v) is 16.6. The third-order valence-corrected chi connectivity index (χ3v) is 4.54. The van der Waals surface area contributed by atoms with Gasteiger partial charge < -0.3 is 9.88 Å². The number of aryl methyl sites for hydroxylation is 1. The molecule has 0 unspecified atom stereocenters. The van der Waals surface area contributed by atoms with Gasteiger partial charge in [0.25, 0.3) is 0 Å². The molecule has 2 aromatic rings. The summed E-state index contributed by atoms with van der Waals surface area (Å²) in [6.45, 7) is 7.52. The van der Waals surface area contributed by atoms with E-state index >= 15 is 0 Å². The zero-order valence-electron chi connectivity index (χ0n) is 13.4. The van der Waals surface area contributed by atoms with Crippen LogP contribution >= 0.6 is 48.2 Å². The number of nitrogens with one attached hydrogen (secondary N) is 1.